The Bertz CT molecular complexity index is 519. The highest BCUT2D eigenvalue weighted by Gasteiger charge is 2.47. The number of aliphatic carboxylic acids is 1. The highest BCUT2D eigenvalue weighted by atomic mass is 16.5. The quantitative estimate of drug-likeness (QED) is 0.627. The molecule has 0 saturated carbocycles. The van der Waals surface area contributed by atoms with Crippen LogP contribution in [0.15, 0.2) is 30.3 Å². The van der Waals surface area contributed by atoms with Crippen LogP contribution in [0, 0.1) is 11.8 Å². The Hall–Kier alpha value is -1.55. The molecule has 4 heteroatoms. The van der Waals surface area contributed by atoms with Crippen molar-refractivity contribution in [3.05, 3.63) is 30.3 Å². The molecule has 4 atom stereocenters. The zero-order valence-corrected chi connectivity index (χ0v) is 14.3. The van der Waals surface area contributed by atoms with Crippen molar-refractivity contribution in [1.82, 2.24) is 0 Å². The van der Waals surface area contributed by atoms with Crippen LogP contribution >= 0.6 is 0 Å². The molecule has 4 unspecified atom stereocenters. The molecule has 0 aromatic heterocycles. The number of carbonyl (C=O) groups is 1. The molecule has 2 saturated heterocycles. The minimum absolute atomic E-state index is 0.306. The number of ether oxygens (including phenoxy) is 1. The molecule has 0 radical (unpaired) electrons. The van der Waals surface area contributed by atoms with Crippen molar-refractivity contribution < 1.29 is 14.6 Å². The van der Waals surface area contributed by atoms with E-state index in [0.717, 1.165) is 25.8 Å². The molecular weight excluding hydrogens is 302 g/mol. The van der Waals surface area contributed by atoms with Crippen molar-refractivity contribution in [3.8, 4) is 0 Å². The molecule has 2 N–H and O–H groups in total. The van der Waals surface area contributed by atoms with Gasteiger partial charge in [0.05, 0.1) is 12.2 Å². The Morgan fingerprint density at radius 2 is 1.75 bits per heavy atom. The van der Waals surface area contributed by atoms with Crippen LogP contribution in [0.4, 0.5) is 5.69 Å². The predicted octanol–water partition coefficient (Wildman–Crippen LogP) is 4.32. The molecule has 0 aliphatic carbocycles. The molecule has 1 aromatic carbocycles. The first-order valence-corrected chi connectivity index (χ1v) is 9.40. The summed E-state index contributed by atoms with van der Waals surface area (Å²) in [6, 6.07) is 10.4. The number of unbranched alkanes of at least 4 members (excludes halogenated alkanes) is 3. The zero-order valence-electron chi connectivity index (χ0n) is 14.3. The first-order chi connectivity index (χ1) is 11.7. The van der Waals surface area contributed by atoms with Gasteiger partial charge in [0.15, 0.2) is 0 Å². The molecule has 2 aliphatic heterocycles. The van der Waals surface area contributed by atoms with E-state index in [4.69, 9.17) is 9.84 Å². The molecule has 2 bridgehead atoms. The van der Waals surface area contributed by atoms with Gasteiger partial charge in [0.1, 0.15) is 0 Å². The van der Waals surface area contributed by atoms with Crippen LogP contribution < -0.4 is 5.32 Å². The van der Waals surface area contributed by atoms with E-state index in [2.05, 4.69) is 29.6 Å². The molecule has 0 spiro atoms. The average Bonchev–Trinajstić information content (AvgIpc) is 3.18. The van der Waals surface area contributed by atoms with Gasteiger partial charge >= 0.3 is 5.97 Å². The lowest BCUT2D eigenvalue weighted by Gasteiger charge is -2.28. The first-order valence-electron chi connectivity index (χ1n) is 9.40. The van der Waals surface area contributed by atoms with Crippen molar-refractivity contribution in [2.75, 3.05) is 11.9 Å². The van der Waals surface area contributed by atoms with Gasteiger partial charge in [-0.05, 0) is 43.7 Å². The predicted molar refractivity (Wildman–Crippen MR) is 95.1 cm³/mol. The summed E-state index contributed by atoms with van der Waals surface area (Å²) in [6.45, 7) is 0.995. The fourth-order valence-corrected chi connectivity index (χ4v) is 4.35. The fraction of sp³-hybridized carbons (Fsp3) is 0.650. The molecule has 132 valence electrons. The minimum atomic E-state index is -0.677. The van der Waals surface area contributed by atoms with E-state index in [9.17, 15) is 4.79 Å². The highest BCUT2D eigenvalue weighted by Crippen LogP contribution is 2.45. The number of rotatable bonds is 10. The summed E-state index contributed by atoms with van der Waals surface area (Å²) >= 11 is 0. The lowest BCUT2D eigenvalue weighted by atomic mass is 9.76. The Balaban J connectivity index is 1.42. The van der Waals surface area contributed by atoms with E-state index < -0.39 is 5.97 Å². The van der Waals surface area contributed by atoms with Crippen molar-refractivity contribution in [3.63, 3.8) is 0 Å². The lowest BCUT2D eigenvalue weighted by molar-refractivity contribution is -0.137. The fourth-order valence-electron chi connectivity index (χ4n) is 4.35. The van der Waals surface area contributed by atoms with Crippen molar-refractivity contribution in [1.29, 1.82) is 0 Å². The van der Waals surface area contributed by atoms with Gasteiger partial charge in [-0.15, -0.1) is 0 Å². The summed E-state index contributed by atoms with van der Waals surface area (Å²) in [5.74, 6) is 0.603. The molecule has 2 aliphatic rings. The standard InChI is InChI=1S/C20H29NO3/c22-20(23)11-7-2-1-6-10-16-17(19-13-12-18(16)24-19)14-21-15-8-4-3-5-9-15/h3-5,8-9,16-19,21H,1-2,6-7,10-14H2,(H,22,23). The van der Waals surface area contributed by atoms with Gasteiger partial charge in [0, 0.05) is 24.6 Å². The number of hydrogen-bond donors (Lipinski definition) is 2. The van der Waals surface area contributed by atoms with E-state index in [-0.39, 0.29) is 0 Å². The van der Waals surface area contributed by atoms with Crippen LogP contribution in [0.3, 0.4) is 0 Å². The maximum absolute atomic E-state index is 10.5. The van der Waals surface area contributed by atoms with Crippen molar-refractivity contribution in [2.24, 2.45) is 11.8 Å². The second-order valence-electron chi connectivity index (χ2n) is 7.21. The molecule has 2 heterocycles. The molecule has 3 rings (SSSR count). The summed E-state index contributed by atoms with van der Waals surface area (Å²) in [6.07, 6.45) is 9.01. The van der Waals surface area contributed by atoms with Gasteiger partial charge in [0.2, 0.25) is 0 Å². The maximum Gasteiger partial charge on any atom is 0.303 e. The second-order valence-corrected chi connectivity index (χ2v) is 7.21. The van der Waals surface area contributed by atoms with E-state index in [1.807, 2.05) is 6.07 Å². The second kappa shape index (κ2) is 8.52. The molecule has 4 nitrogen and oxygen atoms in total. The SMILES string of the molecule is O=C(O)CCCCCCC1C2CCC(O2)C1CNc1ccccc1. The topological polar surface area (TPSA) is 58.6 Å². The third kappa shape index (κ3) is 4.50. The number of nitrogens with one attached hydrogen (secondary N) is 1. The lowest BCUT2D eigenvalue weighted by Crippen LogP contribution is -2.32. The largest absolute Gasteiger partial charge is 0.481 e. The number of hydrogen-bond acceptors (Lipinski definition) is 3. The number of benzene rings is 1. The molecule has 2 fully saturated rings. The number of carboxylic acids is 1. The summed E-state index contributed by atoms with van der Waals surface area (Å²) in [4.78, 5) is 10.5. The monoisotopic (exact) mass is 331 g/mol. The zero-order chi connectivity index (χ0) is 16.8. The highest BCUT2D eigenvalue weighted by molar-refractivity contribution is 5.66. The number of carboxylic acid groups (broad SMARTS) is 1. The number of para-hydroxylation sites is 1. The van der Waals surface area contributed by atoms with Crippen LogP contribution in [0.2, 0.25) is 0 Å². The smallest absolute Gasteiger partial charge is 0.303 e. The molecular formula is C20H29NO3. The molecule has 24 heavy (non-hydrogen) atoms. The Kier molecular flexibility index (Phi) is 6.13. The first kappa shape index (κ1) is 17.3. The normalized spacial score (nSPS) is 28.2. The van der Waals surface area contributed by atoms with E-state index in [1.54, 1.807) is 0 Å². The van der Waals surface area contributed by atoms with E-state index >= 15 is 0 Å². The Morgan fingerprint density at radius 1 is 1.04 bits per heavy atom. The minimum Gasteiger partial charge on any atom is -0.481 e. The van der Waals surface area contributed by atoms with Crippen LogP contribution in [0.5, 0.6) is 0 Å². The maximum atomic E-state index is 10.5. The van der Waals surface area contributed by atoms with Gasteiger partial charge < -0.3 is 15.2 Å². The Morgan fingerprint density at radius 3 is 2.50 bits per heavy atom. The van der Waals surface area contributed by atoms with Crippen molar-refractivity contribution >= 4 is 11.7 Å². The van der Waals surface area contributed by atoms with E-state index in [1.165, 1.54) is 31.4 Å². The van der Waals surface area contributed by atoms with Gasteiger partial charge in [0.25, 0.3) is 0 Å². The van der Waals surface area contributed by atoms with Crippen LogP contribution in [-0.4, -0.2) is 29.8 Å². The summed E-state index contributed by atoms with van der Waals surface area (Å²) in [5.41, 5.74) is 1.19. The summed E-state index contributed by atoms with van der Waals surface area (Å²) in [5, 5.41) is 12.3. The average molecular weight is 331 g/mol. The third-order valence-corrected chi connectivity index (χ3v) is 5.58. The van der Waals surface area contributed by atoms with Crippen LogP contribution in [0.1, 0.15) is 51.4 Å². The van der Waals surface area contributed by atoms with Gasteiger partial charge in [-0.25, -0.2) is 0 Å². The van der Waals surface area contributed by atoms with Crippen LogP contribution in [0.25, 0.3) is 0 Å². The summed E-state index contributed by atoms with van der Waals surface area (Å²) < 4.78 is 6.18. The molecule has 0 amide bonds. The van der Waals surface area contributed by atoms with Gasteiger partial charge in [-0.1, -0.05) is 37.5 Å². The van der Waals surface area contributed by atoms with Gasteiger partial charge in [-0.3, -0.25) is 4.79 Å². The van der Waals surface area contributed by atoms with E-state index in [0.29, 0.717) is 30.5 Å². The third-order valence-electron chi connectivity index (χ3n) is 5.58. The molecule has 1 aromatic rings. The summed E-state index contributed by atoms with van der Waals surface area (Å²) in [7, 11) is 0. The Labute approximate surface area is 144 Å². The van der Waals surface area contributed by atoms with Crippen LogP contribution in [-0.2, 0) is 9.53 Å². The number of fused-ring (bicyclic) bond motifs is 2. The number of anilines is 1. The van der Waals surface area contributed by atoms with Crippen molar-refractivity contribution in [2.45, 2.75) is 63.6 Å². The van der Waals surface area contributed by atoms with Gasteiger partial charge in [-0.2, -0.15) is 0 Å².